The smallest absolute Gasteiger partial charge is 0.241 e. The van der Waals surface area contributed by atoms with E-state index >= 15 is 0 Å². The Hall–Kier alpha value is -2.19. The van der Waals surface area contributed by atoms with E-state index in [2.05, 4.69) is 14.9 Å². The van der Waals surface area contributed by atoms with E-state index in [0.29, 0.717) is 17.3 Å². The van der Waals surface area contributed by atoms with Gasteiger partial charge in [-0.1, -0.05) is 18.1 Å². The molecule has 0 aliphatic rings. The number of nitrogens with two attached hydrogens (primary N) is 1. The van der Waals surface area contributed by atoms with Crippen molar-refractivity contribution in [2.24, 2.45) is 10.9 Å². The number of aromatic nitrogens is 1. The van der Waals surface area contributed by atoms with E-state index in [9.17, 15) is 8.42 Å². The number of nitrogens with zero attached hydrogens (tertiary/aromatic N) is 2. The van der Waals surface area contributed by atoms with Gasteiger partial charge in [0, 0.05) is 11.6 Å². The lowest BCUT2D eigenvalue weighted by atomic mass is 10.2. The second kappa shape index (κ2) is 6.06. The zero-order valence-corrected chi connectivity index (χ0v) is 12.2. The fourth-order valence-corrected chi connectivity index (χ4v) is 3.49. The van der Waals surface area contributed by atoms with Gasteiger partial charge in [0.25, 0.3) is 0 Å². The van der Waals surface area contributed by atoms with Crippen molar-refractivity contribution in [2.45, 2.75) is 24.3 Å². The van der Waals surface area contributed by atoms with Crippen molar-refractivity contribution in [2.75, 3.05) is 0 Å². The summed E-state index contributed by atoms with van der Waals surface area (Å²) < 4.78 is 27.4. The summed E-state index contributed by atoms with van der Waals surface area (Å²) in [7, 11) is -3.82. The third kappa shape index (κ3) is 3.11. The first-order valence-corrected chi connectivity index (χ1v) is 7.81. The number of hydrogen-bond donors (Lipinski definition) is 3. The Morgan fingerprint density at radius 2 is 2.19 bits per heavy atom. The van der Waals surface area contributed by atoms with E-state index in [-0.39, 0.29) is 10.7 Å². The minimum absolute atomic E-state index is 0.109. The standard InChI is InChI=1S/C13H16N4O3S/c1-2-10(13(14)16-18)17-21(19,20)12-7-3-6-11-9(12)5-4-8-15-11/h3-8,10,17-18H,2H2,1H3,(H2,14,16). The summed E-state index contributed by atoms with van der Waals surface area (Å²) in [5, 5.41) is 12.1. The molecule has 0 aliphatic carbocycles. The van der Waals surface area contributed by atoms with Crippen molar-refractivity contribution in [3.8, 4) is 0 Å². The molecule has 0 aliphatic heterocycles. The predicted octanol–water partition coefficient (Wildman–Crippen LogP) is 1.04. The molecule has 8 heteroatoms. The Morgan fingerprint density at radius 1 is 1.43 bits per heavy atom. The highest BCUT2D eigenvalue weighted by Gasteiger charge is 2.23. The van der Waals surface area contributed by atoms with Crippen LogP contribution in [0.3, 0.4) is 0 Å². The molecule has 0 radical (unpaired) electrons. The first-order valence-electron chi connectivity index (χ1n) is 6.33. The Balaban J connectivity index is 2.47. The number of nitrogens with one attached hydrogen (secondary N) is 1. The van der Waals surface area contributed by atoms with Gasteiger partial charge in [0.2, 0.25) is 10.0 Å². The number of oxime groups is 1. The maximum atomic E-state index is 12.5. The molecule has 2 rings (SSSR count). The number of rotatable bonds is 5. The summed E-state index contributed by atoms with van der Waals surface area (Å²) in [5.41, 5.74) is 6.07. The van der Waals surface area contributed by atoms with Gasteiger partial charge in [-0.05, 0) is 30.7 Å². The van der Waals surface area contributed by atoms with Crippen molar-refractivity contribution in [1.82, 2.24) is 9.71 Å². The van der Waals surface area contributed by atoms with Gasteiger partial charge in [-0.2, -0.15) is 0 Å². The lowest BCUT2D eigenvalue weighted by Crippen LogP contribution is -2.44. The summed E-state index contributed by atoms with van der Waals surface area (Å²) >= 11 is 0. The summed E-state index contributed by atoms with van der Waals surface area (Å²) in [5.74, 6) is -0.181. The van der Waals surface area contributed by atoms with Gasteiger partial charge in [-0.15, -0.1) is 0 Å². The zero-order chi connectivity index (χ0) is 15.5. The number of benzene rings is 1. The van der Waals surface area contributed by atoms with Gasteiger partial charge in [0.15, 0.2) is 5.84 Å². The van der Waals surface area contributed by atoms with Gasteiger partial charge in [0.05, 0.1) is 16.5 Å². The van der Waals surface area contributed by atoms with Gasteiger partial charge in [-0.3, -0.25) is 4.98 Å². The number of pyridine rings is 1. The summed E-state index contributed by atoms with van der Waals surface area (Å²) in [6.07, 6.45) is 1.95. The third-order valence-electron chi connectivity index (χ3n) is 3.07. The lowest BCUT2D eigenvalue weighted by Gasteiger charge is -2.16. The molecule has 0 saturated carbocycles. The molecular weight excluding hydrogens is 292 g/mol. The Bertz CT molecular complexity index is 769. The van der Waals surface area contributed by atoms with Crippen LogP contribution in [-0.2, 0) is 10.0 Å². The van der Waals surface area contributed by atoms with Crippen molar-refractivity contribution < 1.29 is 13.6 Å². The molecule has 1 aromatic heterocycles. The topological polar surface area (TPSA) is 118 Å². The van der Waals surface area contributed by atoms with Crippen LogP contribution in [0.4, 0.5) is 0 Å². The average molecular weight is 308 g/mol. The fraction of sp³-hybridized carbons (Fsp3) is 0.231. The SMILES string of the molecule is CCC(NS(=O)(=O)c1cccc2ncccc12)/C(N)=N/O. The monoisotopic (exact) mass is 308 g/mol. The maximum Gasteiger partial charge on any atom is 0.241 e. The molecule has 0 bridgehead atoms. The highest BCUT2D eigenvalue weighted by Crippen LogP contribution is 2.21. The summed E-state index contributed by atoms with van der Waals surface area (Å²) in [4.78, 5) is 4.23. The minimum Gasteiger partial charge on any atom is -0.409 e. The van der Waals surface area contributed by atoms with E-state index in [0.717, 1.165) is 0 Å². The average Bonchev–Trinajstić information content (AvgIpc) is 2.51. The van der Waals surface area contributed by atoms with Crippen molar-refractivity contribution in [1.29, 1.82) is 0 Å². The molecule has 1 aromatic carbocycles. The second-order valence-corrected chi connectivity index (χ2v) is 6.12. The van der Waals surface area contributed by atoms with Gasteiger partial charge in [0.1, 0.15) is 0 Å². The van der Waals surface area contributed by atoms with E-state index < -0.39 is 16.1 Å². The molecule has 0 saturated heterocycles. The molecule has 0 spiro atoms. The van der Waals surface area contributed by atoms with E-state index in [1.54, 1.807) is 37.4 Å². The van der Waals surface area contributed by atoms with Crippen LogP contribution in [0.5, 0.6) is 0 Å². The molecule has 7 nitrogen and oxygen atoms in total. The predicted molar refractivity (Wildman–Crippen MR) is 79.6 cm³/mol. The van der Waals surface area contributed by atoms with Crippen LogP contribution in [0, 0.1) is 0 Å². The molecule has 0 fully saturated rings. The number of amidine groups is 1. The van der Waals surface area contributed by atoms with Gasteiger partial charge < -0.3 is 10.9 Å². The number of hydrogen-bond acceptors (Lipinski definition) is 5. The molecule has 1 heterocycles. The molecular formula is C13H16N4O3S. The zero-order valence-electron chi connectivity index (χ0n) is 11.4. The number of fused-ring (bicyclic) bond motifs is 1. The van der Waals surface area contributed by atoms with E-state index in [4.69, 9.17) is 10.9 Å². The van der Waals surface area contributed by atoms with Gasteiger partial charge in [-0.25, -0.2) is 13.1 Å². The molecule has 1 unspecified atom stereocenters. The van der Waals surface area contributed by atoms with Crippen LogP contribution in [-0.4, -0.2) is 30.5 Å². The molecule has 4 N–H and O–H groups in total. The van der Waals surface area contributed by atoms with Crippen molar-refractivity contribution in [3.05, 3.63) is 36.5 Å². The van der Waals surface area contributed by atoms with Crippen molar-refractivity contribution in [3.63, 3.8) is 0 Å². The summed E-state index contributed by atoms with van der Waals surface area (Å²) in [6.45, 7) is 1.73. The largest absolute Gasteiger partial charge is 0.409 e. The highest BCUT2D eigenvalue weighted by atomic mass is 32.2. The molecule has 21 heavy (non-hydrogen) atoms. The van der Waals surface area contributed by atoms with Crippen molar-refractivity contribution >= 4 is 26.8 Å². The summed E-state index contributed by atoms with van der Waals surface area (Å²) in [6, 6.07) is 7.42. The Labute approximate surface area is 122 Å². The fourth-order valence-electron chi connectivity index (χ4n) is 1.98. The highest BCUT2D eigenvalue weighted by molar-refractivity contribution is 7.89. The maximum absolute atomic E-state index is 12.5. The van der Waals surface area contributed by atoms with E-state index in [1.807, 2.05) is 0 Å². The normalized spacial score (nSPS) is 14.2. The number of sulfonamides is 1. The molecule has 112 valence electrons. The molecule has 0 amide bonds. The van der Waals surface area contributed by atoms with Crippen LogP contribution >= 0.6 is 0 Å². The Morgan fingerprint density at radius 3 is 2.86 bits per heavy atom. The van der Waals surface area contributed by atoms with E-state index in [1.165, 1.54) is 6.07 Å². The minimum atomic E-state index is -3.82. The Kier molecular flexibility index (Phi) is 4.39. The van der Waals surface area contributed by atoms with Crippen LogP contribution in [0.15, 0.2) is 46.6 Å². The van der Waals surface area contributed by atoms with Crippen LogP contribution in [0.25, 0.3) is 10.9 Å². The first-order chi connectivity index (χ1) is 9.99. The second-order valence-electron chi connectivity index (χ2n) is 4.43. The van der Waals surface area contributed by atoms with Crippen LogP contribution in [0.2, 0.25) is 0 Å². The molecule has 2 aromatic rings. The lowest BCUT2D eigenvalue weighted by molar-refractivity contribution is 0.315. The first kappa shape index (κ1) is 15.2. The quantitative estimate of drug-likeness (QED) is 0.330. The van der Waals surface area contributed by atoms with Crippen LogP contribution in [0.1, 0.15) is 13.3 Å². The van der Waals surface area contributed by atoms with Crippen LogP contribution < -0.4 is 10.5 Å². The molecule has 1 atom stereocenters. The van der Waals surface area contributed by atoms with Gasteiger partial charge >= 0.3 is 0 Å². The third-order valence-corrected chi connectivity index (χ3v) is 4.60.